The van der Waals surface area contributed by atoms with Gasteiger partial charge < -0.3 is 0 Å². The normalized spacial score (nSPS) is 11.9. The highest BCUT2D eigenvalue weighted by molar-refractivity contribution is 4.78. The molecule has 0 unspecified atom stereocenters. The zero-order chi connectivity index (χ0) is 16.9. The average Bonchev–Trinajstić information content (AvgIpc) is 2.43. The fourth-order valence-corrected chi connectivity index (χ4v) is 2.38. The molecule has 1 aromatic rings. The molecule has 0 aliphatic carbocycles. The third kappa shape index (κ3) is 4.71. The lowest BCUT2D eigenvalue weighted by molar-refractivity contribution is 0.349. The van der Waals surface area contributed by atoms with Crippen molar-refractivity contribution in [2.24, 2.45) is 12.5 Å². The van der Waals surface area contributed by atoms with Gasteiger partial charge in [-0.2, -0.15) is 0 Å². The van der Waals surface area contributed by atoms with Crippen molar-refractivity contribution in [3.8, 4) is 0 Å². The molecule has 6 nitrogen and oxygen atoms in total. The SMILES string of the molecule is CCCCn1c(=O)n(C)c(=O)n(CCCCC(C)(C)C)c1=O. The van der Waals surface area contributed by atoms with Crippen molar-refractivity contribution >= 4 is 0 Å². The highest BCUT2D eigenvalue weighted by Gasteiger charge is 2.13. The molecule has 0 spiro atoms. The van der Waals surface area contributed by atoms with Gasteiger partial charge in [-0.1, -0.05) is 40.5 Å². The molecule has 0 radical (unpaired) electrons. The summed E-state index contributed by atoms with van der Waals surface area (Å²) in [5.74, 6) is 0. The summed E-state index contributed by atoms with van der Waals surface area (Å²) in [6, 6.07) is 0. The van der Waals surface area contributed by atoms with Gasteiger partial charge in [0.1, 0.15) is 0 Å². The van der Waals surface area contributed by atoms with Gasteiger partial charge in [-0.05, 0) is 24.7 Å². The smallest absolute Gasteiger partial charge is 0.248 e. The van der Waals surface area contributed by atoms with Gasteiger partial charge in [0.2, 0.25) is 0 Å². The van der Waals surface area contributed by atoms with Gasteiger partial charge in [0.15, 0.2) is 0 Å². The van der Waals surface area contributed by atoms with Crippen LogP contribution in [0.25, 0.3) is 0 Å². The monoisotopic (exact) mass is 311 g/mol. The first-order valence-electron chi connectivity index (χ1n) is 8.09. The molecule has 0 N–H and O–H groups in total. The fraction of sp³-hybridized carbons (Fsp3) is 0.812. The Hall–Kier alpha value is -1.59. The van der Waals surface area contributed by atoms with Gasteiger partial charge in [0.05, 0.1) is 0 Å². The van der Waals surface area contributed by atoms with Crippen molar-refractivity contribution in [3.05, 3.63) is 31.5 Å². The van der Waals surface area contributed by atoms with Crippen molar-refractivity contribution in [1.29, 1.82) is 0 Å². The number of hydrogen-bond donors (Lipinski definition) is 0. The van der Waals surface area contributed by atoms with Gasteiger partial charge in [0.25, 0.3) is 0 Å². The van der Waals surface area contributed by atoms with Crippen LogP contribution in [0, 0.1) is 5.41 Å². The second-order valence-electron chi connectivity index (χ2n) is 7.08. The van der Waals surface area contributed by atoms with Gasteiger partial charge >= 0.3 is 17.1 Å². The van der Waals surface area contributed by atoms with Crippen LogP contribution in [0.3, 0.4) is 0 Å². The zero-order valence-corrected chi connectivity index (χ0v) is 14.5. The van der Waals surface area contributed by atoms with Crippen molar-refractivity contribution in [1.82, 2.24) is 13.7 Å². The molecular weight excluding hydrogens is 282 g/mol. The van der Waals surface area contributed by atoms with E-state index in [-0.39, 0.29) is 5.41 Å². The molecule has 1 aromatic heterocycles. The van der Waals surface area contributed by atoms with E-state index in [2.05, 4.69) is 20.8 Å². The van der Waals surface area contributed by atoms with Crippen LogP contribution in [0.5, 0.6) is 0 Å². The van der Waals surface area contributed by atoms with Crippen LogP contribution >= 0.6 is 0 Å². The summed E-state index contributed by atoms with van der Waals surface area (Å²) in [6.45, 7) is 9.24. The minimum absolute atomic E-state index is 0.246. The molecule has 126 valence electrons. The molecule has 1 rings (SSSR count). The number of nitrogens with zero attached hydrogens (tertiary/aromatic N) is 3. The highest BCUT2D eigenvalue weighted by Crippen LogP contribution is 2.21. The molecule has 6 heteroatoms. The second-order valence-corrected chi connectivity index (χ2v) is 7.08. The van der Waals surface area contributed by atoms with Gasteiger partial charge in [0, 0.05) is 20.1 Å². The summed E-state index contributed by atoms with van der Waals surface area (Å²) in [4.78, 5) is 36.6. The molecule has 22 heavy (non-hydrogen) atoms. The first-order valence-corrected chi connectivity index (χ1v) is 8.09. The van der Waals surface area contributed by atoms with Crippen LogP contribution in [0.1, 0.15) is 59.8 Å². The average molecular weight is 311 g/mol. The molecule has 0 aromatic carbocycles. The number of aromatic nitrogens is 3. The lowest BCUT2D eigenvalue weighted by Gasteiger charge is -2.17. The van der Waals surface area contributed by atoms with E-state index < -0.39 is 17.1 Å². The first-order chi connectivity index (χ1) is 10.2. The summed E-state index contributed by atoms with van der Waals surface area (Å²) in [6.07, 6.45) is 4.39. The minimum atomic E-state index is -0.519. The van der Waals surface area contributed by atoms with Crippen molar-refractivity contribution in [3.63, 3.8) is 0 Å². The second kappa shape index (κ2) is 7.61. The molecule has 0 saturated heterocycles. The highest BCUT2D eigenvalue weighted by atomic mass is 16.2. The van der Waals surface area contributed by atoms with E-state index in [1.807, 2.05) is 6.92 Å². The van der Waals surface area contributed by atoms with E-state index in [4.69, 9.17) is 0 Å². The predicted octanol–water partition coefficient (Wildman–Crippen LogP) is 1.73. The third-order valence-corrected chi connectivity index (χ3v) is 3.79. The first kappa shape index (κ1) is 18.5. The van der Waals surface area contributed by atoms with E-state index >= 15 is 0 Å². The van der Waals surface area contributed by atoms with E-state index in [1.165, 1.54) is 16.2 Å². The maximum Gasteiger partial charge on any atom is 0.336 e. The number of hydrogen-bond acceptors (Lipinski definition) is 3. The van der Waals surface area contributed by atoms with Gasteiger partial charge in [-0.15, -0.1) is 0 Å². The summed E-state index contributed by atoms with van der Waals surface area (Å²) >= 11 is 0. The molecule has 0 saturated carbocycles. The molecule has 0 atom stereocenters. The van der Waals surface area contributed by atoms with Crippen LogP contribution < -0.4 is 17.1 Å². The van der Waals surface area contributed by atoms with Crippen LogP contribution in [-0.2, 0) is 20.1 Å². The van der Waals surface area contributed by atoms with Crippen molar-refractivity contribution < 1.29 is 0 Å². The van der Waals surface area contributed by atoms with E-state index in [9.17, 15) is 14.4 Å². The summed E-state index contributed by atoms with van der Waals surface area (Å²) in [5, 5.41) is 0. The number of rotatable bonds is 7. The topological polar surface area (TPSA) is 66.0 Å². The molecule has 1 heterocycles. The molecule has 0 bridgehead atoms. The van der Waals surface area contributed by atoms with E-state index in [1.54, 1.807) is 0 Å². The minimum Gasteiger partial charge on any atom is -0.248 e. The van der Waals surface area contributed by atoms with Crippen molar-refractivity contribution in [2.75, 3.05) is 0 Å². The third-order valence-electron chi connectivity index (χ3n) is 3.79. The molecular formula is C16H29N3O3. The molecule has 0 aliphatic heterocycles. The maximum absolute atomic E-state index is 12.4. The summed E-state index contributed by atoms with van der Waals surface area (Å²) < 4.78 is 3.40. The standard InChI is InChI=1S/C16H29N3O3/c1-6-7-11-18-13(20)17(5)14(21)19(15(18)22)12-9-8-10-16(2,3)4/h6-12H2,1-5H3. The Kier molecular flexibility index (Phi) is 6.38. The predicted molar refractivity (Wildman–Crippen MR) is 88.4 cm³/mol. The molecule has 0 fully saturated rings. The fourth-order valence-electron chi connectivity index (χ4n) is 2.38. The van der Waals surface area contributed by atoms with Crippen molar-refractivity contribution in [2.45, 2.75) is 72.9 Å². The van der Waals surface area contributed by atoms with Crippen LogP contribution in [0.2, 0.25) is 0 Å². The van der Waals surface area contributed by atoms with Crippen LogP contribution in [0.4, 0.5) is 0 Å². The summed E-state index contributed by atoms with van der Waals surface area (Å²) in [7, 11) is 1.43. The molecule has 0 aliphatic rings. The molecule has 0 amide bonds. The maximum atomic E-state index is 12.4. The Morgan fingerprint density at radius 3 is 1.77 bits per heavy atom. The van der Waals surface area contributed by atoms with E-state index in [0.717, 1.165) is 36.7 Å². The Balaban J connectivity index is 3.00. The Morgan fingerprint density at radius 1 is 0.818 bits per heavy atom. The number of unbranched alkanes of at least 4 members (excludes halogenated alkanes) is 2. The van der Waals surface area contributed by atoms with Crippen LogP contribution in [0.15, 0.2) is 14.4 Å². The Morgan fingerprint density at radius 2 is 1.32 bits per heavy atom. The largest absolute Gasteiger partial charge is 0.336 e. The lowest BCUT2D eigenvalue weighted by atomic mass is 9.90. The van der Waals surface area contributed by atoms with E-state index in [0.29, 0.717) is 13.1 Å². The van der Waals surface area contributed by atoms with Crippen LogP contribution in [-0.4, -0.2) is 13.7 Å². The Labute approximate surface area is 131 Å². The van der Waals surface area contributed by atoms with Gasteiger partial charge in [-0.25, -0.2) is 28.1 Å². The van der Waals surface area contributed by atoms with Gasteiger partial charge in [-0.3, -0.25) is 0 Å². The Bertz CT molecular complexity index is 659. The summed E-state index contributed by atoms with van der Waals surface area (Å²) in [5.41, 5.74) is -1.26. The zero-order valence-electron chi connectivity index (χ0n) is 14.5. The lowest BCUT2D eigenvalue weighted by Crippen LogP contribution is -2.53. The quantitative estimate of drug-likeness (QED) is 0.720.